The summed E-state index contributed by atoms with van der Waals surface area (Å²) in [4.78, 5) is 27.7. The van der Waals surface area contributed by atoms with Crippen molar-refractivity contribution in [3.8, 4) is 11.8 Å². The number of aryl methyl sites for hydroxylation is 1. The number of halogens is 1. The number of pyridine rings is 1. The largest absolute Gasteiger partial charge is 0.379 e. The SMILES string of the molecule is Cc1ncc(NC(=O)NCc2ccccc2Cl)cc1C#Cc1cnc(NCCN2CCOCC2)nc1. The van der Waals surface area contributed by atoms with E-state index in [1.165, 1.54) is 0 Å². The second kappa shape index (κ2) is 12.8. The monoisotopic (exact) mass is 505 g/mol. The fourth-order valence-electron chi connectivity index (χ4n) is 3.49. The van der Waals surface area contributed by atoms with Gasteiger partial charge in [0.2, 0.25) is 5.95 Å². The lowest BCUT2D eigenvalue weighted by Crippen LogP contribution is -2.39. The molecule has 1 fully saturated rings. The number of carbonyl (C=O) groups is 1. The Hall–Kier alpha value is -3.71. The fraction of sp³-hybridized carbons (Fsp3) is 0.308. The highest BCUT2D eigenvalue weighted by Gasteiger charge is 2.09. The van der Waals surface area contributed by atoms with E-state index in [1.807, 2.05) is 25.1 Å². The Bertz CT molecular complexity index is 1240. The lowest BCUT2D eigenvalue weighted by molar-refractivity contribution is 0.0398. The molecule has 1 aliphatic rings. The Balaban J connectivity index is 1.30. The van der Waals surface area contributed by atoms with Crippen LogP contribution in [-0.2, 0) is 11.3 Å². The minimum atomic E-state index is -0.357. The summed E-state index contributed by atoms with van der Waals surface area (Å²) in [6.07, 6.45) is 4.96. The van der Waals surface area contributed by atoms with Gasteiger partial charge in [0.1, 0.15) is 0 Å². The first-order chi connectivity index (χ1) is 17.6. The molecule has 0 aliphatic carbocycles. The van der Waals surface area contributed by atoms with Crippen molar-refractivity contribution in [1.82, 2.24) is 25.2 Å². The molecule has 2 amide bonds. The van der Waals surface area contributed by atoms with Gasteiger partial charge in [-0.15, -0.1) is 0 Å². The minimum absolute atomic E-state index is 0.315. The number of morpholine rings is 1. The van der Waals surface area contributed by atoms with Crippen molar-refractivity contribution >= 4 is 29.3 Å². The van der Waals surface area contributed by atoms with Crippen LogP contribution in [0.5, 0.6) is 0 Å². The van der Waals surface area contributed by atoms with Crippen LogP contribution >= 0.6 is 11.6 Å². The summed E-state index contributed by atoms with van der Waals surface area (Å²) in [5, 5.41) is 9.41. The Morgan fingerprint density at radius 1 is 1.11 bits per heavy atom. The molecule has 3 heterocycles. The van der Waals surface area contributed by atoms with Gasteiger partial charge in [-0.05, 0) is 24.6 Å². The number of hydrogen-bond donors (Lipinski definition) is 3. The zero-order chi connectivity index (χ0) is 25.2. The van der Waals surface area contributed by atoms with Gasteiger partial charge >= 0.3 is 6.03 Å². The summed E-state index contributed by atoms with van der Waals surface area (Å²) in [6, 6.07) is 8.79. The van der Waals surface area contributed by atoms with Crippen molar-refractivity contribution in [2.75, 3.05) is 50.0 Å². The number of nitrogens with one attached hydrogen (secondary N) is 3. The molecule has 10 heteroatoms. The number of hydrogen-bond acceptors (Lipinski definition) is 7. The average Bonchev–Trinajstić information content (AvgIpc) is 2.90. The van der Waals surface area contributed by atoms with Gasteiger partial charge < -0.3 is 20.7 Å². The lowest BCUT2D eigenvalue weighted by Gasteiger charge is -2.26. The Labute approximate surface area is 215 Å². The molecule has 1 saturated heterocycles. The van der Waals surface area contributed by atoms with Gasteiger partial charge in [-0.2, -0.15) is 0 Å². The van der Waals surface area contributed by atoms with Gasteiger partial charge in [-0.25, -0.2) is 14.8 Å². The van der Waals surface area contributed by atoms with Gasteiger partial charge in [0.25, 0.3) is 0 Å². The molecule has 0 atom stereocenters. The highest BCUT2D eigenvalue weighted by atomic mass is 35.5. The number of anilines is 2. The molecule has 0 spiro atoms. The van der Waals surface area contributed by atoms with E-state index >= 15 is 0 Å². The van der Waals surface area contributed by atoms with Crippen molar-refractivity contribution in [2.45, 2.75) is 13.5 Å². The zero-order valence-corrected chi connectivity index (χ0v) is 20.8. The third-order valence-corrected chi connectivity index (χ3v) is 5.92. The van der Waals surface area contributed by atoms with Crippen LogP contribution in [0.15, 0.2) is 48.9 Å². The number of benzene rings is 1. The number of ether oxygens (including phenoxy) is 1. The maximum Gasteiger partial charge on any atom is 0.319 e. The molecule has 1 aromatic carbocycles. The third-order valence-electron chi connectivity index (χ3n) is 5.55. The number of aromatic nitrogens is 3. The molecule has 186 valence electrons. The summed E-state index contributed by atoms with van der Waals surface area (Å²) >= 11 is 6.14. The molecule has 36 heavy (non-hydrogen) atoms. The lowest BCUT2D eigenvalue weighted by atomic mass is 10.2. The predicted molar refractivity (Wildman–Crippen MR) is 140 cm³/mol. The smallest absolute Gasteiger partial charge is 0.319 e. The van der Waals surface area contributed by atoms with Crippen LogP contribution in [0.2, 0.25) is 5.02 Å². The second-order valence-electron chi connectivity index (χ2n) is 8.18. The molecule has 9 nitrogen and oxygen atoms in total. The van der Waals surface area contributed by atoms with E-state index < -0.39 is 0 Å². The average molecular weight is 506 g/mol. The molecule has 4 rings (SSSR count). The first-order valence-electron chi connectivity index (χ1n) is 11.7. The Kier molecular flexibility index (Phi) is 9.05. The standard InChI is InChI=1S/C26H28ClN7O2/c1-19-21(14-23(18-29-19)33-26(35)32-17-22-4-2-3-5-24(22)27)7-6-20-15-30-25(31-16-20)28-8-9-34-10-12-36-13-11-34/h2-5,14-16,18H,8-13,17H2,1H3,(H,28,30,31)(H2,32,33,35). The number of amides is 2. The van der Waals surface area contributed by atoms with Crippen LogP contribution in [0.4, 0.5) is 16.4 Å². The molecular weight excluding hydrogens is 478 g/mol. The van der Waals surface area contributed by atoms with Crippen LogP contribution in [0.1, 0.15) is 22.4 Å². The summed E-state index contributed by atoms with van der Waals surface area (Å²) in [5.41, 5.74) is 3.52. The van der Waals surface area contributed by atoms with Crippen molar-refractivity contribution < 1.29 is 9.53 Å². The summed E-state index contributed by atoms with van der Waals surface area (Å²) < 4.78 is 5.36. The van der Waals surface area contributed by atoms with E-state index in [0.29, 0.717) is 34.3 Å². The maximum absolute atomic E-state index is 12.3. The van der Waals surface area contributed by atoms with Gasteiger partial charge in [0.15, 0.2) is 0 Å². The second-order valence-corrected chi connectivity index (χ2v) is 8.59. The normalized spacial score (nSPS) is 13.4. The topological polar surface area (TPSA) is 104 Å². The molecule has 0 radical (unpaired) electrons. The fourth-order valence-corrected chi connectivity index (χ4v) is 3.70. The van der Waals surface area contributed by atoms with Crippen molar-refractivity contribution in [2.24, 2.45) is 0 Å². The number of carbonyl (C=O) groups excluding carboxylic acids is 1. The van der Waals surface area contributed by atoms with Crippen LogP contribution in [0, 0.1) is 18.8 Å². The van der Waals surface area contributed by atoms with Crippen LogP contribution in [0.3, 0.4) is 0 Å². The molecule has 2 aromatic heterocycles. The van der Waals surface area contributed by atoms with Crippen LogP contribution in [0.25, 0.3) is 0 Å². The van der Waals surface area contributed by atoms with E-state index in [4.69, 9.17) is 16.3 Å². The zero-order valence-electron chi connectivity index (χ0n) is 20.1. The number of urea groups is 1. The predicted octanol–water partition coefficient (Wildman–Crippen LogP) is 3.30. The summed E-state index contributed by atoms with van der Waals surface area (Å²) in [7, 11) is 0. The van der Waals surface area contributed by atoms with Gasteiger partial charge in [-0.3, -0.25) is 9.88 Å². The van der Waals surface area contributed by atoms with E-state index in [0.717, 1.165) is 50.7 Å². The Morgan fingerprint density at radius 2 is 1.89 bits per heavy atom. The van der Waals surface area contributed by atoms with Crippen molar-refractivity contribution in [3.63, 3.8) is 0 Å². The van der Waals surface area contributed by atoms with E-state index in [1.54, 1.807) is 30.7 Å². The molecule has 0 unspecified atom stereocenters. The first-order valence-corrected chi connectivity index (χ1v) is 12.1. The summed E-state index contributed by atoms with van der Waals surface area (Å²) in [6.45, 7) is 7.34. The van der Waals surface area contributed by atoms with Crippen molar-refractivity contribution in [1.29, 1.82) is 0 Å². The van der Waals surface area contributed by atoms with Crippen molar-refractivity contribution in [3.05, 3.63) is 76.3 Å². The number of nitrogens with zero attached hydrogens (tertiary/aromatic N) is 4. The molecular formula is C26H28ClN7O2. The summed E-state index contributed by atoms with van der Waals surface area (Å²) in [5.74, 6) is 6.73. The van der Waals surface area contributed by atoms with Gasteiger partial charge in [-0.1, -0.05) is 41.6 Å². The highest BCUT2D eigenvalue weighted by molar-refractivity contribution is 6.31. The maximum atomic E-state index is 12.3. The number of rotatable bonds is 7. The van der Waals surface area contributed by atoms with Gasteiger partial charge in [0, 0.05) is 55.7 Å². The van der Waals surface area contributed by atoms with Crippen LogP contribution in [-0.4, -0.2) is 65.3 Å². The Morgan fingerprint density at radius 3 is 2.67 bits per heavy atom. The molecule has 0 bridgehead atoms. The molecule has 3 aromatic rings. The van der Waals surface area contributed by atoms with E-state index in [-0.39, 0.29) is 6.03 Å². The quantitative estimate of drug-likeness (QED) is 0.423. The van der Waals surface area contributed by atoms with Gasteiger partial charge in [0.05, 0.1) is 36.4 Å². The molecule has 0 saturated carbocycles. The third kappa shape index (κ3) is 7.65. The van der Waals surface area contributed by atoms with E-state index in [2.05, 4.69) is 47.6 Å². The van der Waals surface area contributed by atoms with E-state index in [9.17, 15) is 4.79 Å². The molecule has 3 N–H and O–H groups in total. The first kappa shape index (κ1) is 25.4. The highest BCUT2D eigenvalue weighted by Crippen LogP contribution is 2.15. The minimum Gasteiger partial charge on any atom is -0.379 e. The van der Waals surface area contributed by atoms with Crippen LogP contribution < -0.4 is 16.0 Å². The molecule has 1 aliphatic heterocycles.